The first-order chi connectivity index (χ1) is 12.2. The first-order valence-electron chi connectivity index (χ1n) is 9.89. The summed E-state index contributed by atoms with van der Waals surface area (Å²) >= 11 is 0. The standard InChI is InChI=1S/C21H32N2O2/c1-2-25-20(24)16-21(23-14-7-4-8-15-23)12-9-13-22(18-21)17-19-10-5-3-6-11-19/h3,5-6,10-11H,2,4,7-9,12-18H2,1H3. The summed E-state index contributed by atoms with van der Waals surface area (Å²) < 4.78 is 5.33. The number of benzene rings is 1. The van der Waals surface area contributed by atoms with Crippen molar-refractivity contribution in [1.29, 1.82) is 0 Å². The molecule has 1 atom stereocenters. The van der Waals surface area contributed by atoms with Gasteiger partial charge in [-0.25, -0.2) is 0 Å². The molecule has 1 aromatic rings. The van der Waals surface area contributed by atoms with Crippen LogP contribution >= 0.6 is 0 Å². The van der Waals surface area contributed by atoms with Crippen LogP contribution in [0.2, 0.25) is 0 Å². The molecule has 2 fully saturated rings. The molecule has 25 heavy (non-hydrogen) atoms. The van der Waals surface area contributed by atoms with Gasteiger partial charge in [-0.1, -0.05) is 36.8 Å². The Morgan fingerprint density at radius 3 is 2.56 bits per heavy atom. The van der Waals surface area contributed by atoms with Gasteiger partial charge in [-0.2, -0.15) is 0 Å². The first kappa shape index (κ1) is 18.4. The zero-order valence-corrected chi connectivity index (χ0v) is 15.6. The molecule has 2 aliphatic rings. The van der Waals surface area contributed by atoms with E-state index in [4.69, 9.17) is 4.74 Å². The van der Waals surface area contributed by atoms with Gasteiger partial charge in [-0.3, -0.25) is 14.6 Å². The second kappa shape index (κ2) is 8.81. The Bertz CT molecular complexity index is 542. The van der Waals surface area contributed by atoms with Crippen LogP contribution in [0, 0.1) is 0 Å². The Kier molecular flexibility index (Phi) is 6.49. The Hall–Kier alpha value is -1.39. The van der Waals surface area contributed by atoms with Crippen molar-refractivity contribution in [2.75, 3.05) is 32.8 Å². The maximum Gasteiger partial charge on any atom is 0.307 e. The number of carbonyl (C=O) groups excluding carboxylic acids is 1. The van der Waals surface area contributed by atoms with E-state index in [0.29, 0.717) is 13.0 Å². The van der Waals surface area contributed by atoms with Gasteiger partial charge in [-0.15, -0.1) is 0 Å². The molecule has 3 rings (SSSR count). The normalized spacial score (nSPS) is 25.6. The molecule has 0 spiro atoms. The van der Waals surface area contributed by atoms with Gasteiger partial charge < -0.3 is 4.74 Å². The SMILES string of the molecule is CCOC(=O)CC1(N2CCCCC2)CCCN(Cc2ccccc2)C1. The van der Waals surface area contributed by atoms with Gasteiger partial charge in [0.25, 0.3) is 0 Å². The Morgan fingerprint density at radius 1 is 1.08 bits per heavy atom. The highest BCUT2D eigenvalue weighted by atomic mass is 16.5. The van der Waals surface area contributed by atoms with Gasteiger partial charge >= 0.3 is 5.97 Å². The monoisotopic (exact) mass is 344 g/mol. The van der Waals surface area contributed by atoms with E-state index in [-0.39, 0.29) is 11.5 Å². The fraction of sp³-hybridized carbons (Fsp3) is 0.667. The number of piperidine rings is 2. The van der Waals surface area contributed by atoms with E-state index in [0.717, 1.165) is 45.6 Å². The summed E-state index contributed by atoms with van der Waals surface area (Å²) in [5.41, 5.74) is 1.31. The Balaban J connectivity index is 1.74. The predicted octanol–water partition coefficient (Wildman–Crippen LogP) is 3.46. The molecule has 0 aromatic heterocycles. The van der Waals surface area contributed by atoms with Crippen LogP contribution in [0.4, 0.5) is 0 Å². The number of carbonyl (C=O) groups is 1. The van der Waals surface area contributed by atoms with Crippen molar-refractivity contribution in [1.82, 2.24) is 9.80 Å². The number of likely N-dealkylation sites (tertiary alicyclic amines) is 2. The quantitative estimate of drug-likeness (QED) is 0.740. The lowest BCUT2D eigenvalue weighted by Crippen LogP contribution is -2.60. The number of hydrogen-bond donors (Lipinski definition) is 0. The van der Waals surface area contributed by atoms with Crippen LogP contribution in [0.5, 0.6) is 0 Å². The molecule has 138 valence electrons. The van der Waals surface area contributed by atoms with Crippen LogP contribution in [0.15, 0.2) is 30.3 Å². The second-order valence-electron chi connectivity index (χ2n) is 7.55. The maximum atomic E-state index is 12.4. The van der Waals surface area contributed by atoms with E-state index in [1.54, 1.807) is 0 Å². The van der Waals surface area contributed by atoms with Crippen molar-refractivity contribution in [3.8, 4) is 0 Å². The molecule has 1 unspecified atom stereocenters. The van der Waals surface area contributed by atoms with E-state index in [1.165, 1.54) is 24.8 Å². The van der Waals surface area contributed by atoms with Gasteiger partial charge in [-0.05, 0) is 57.8 Å². The number of nitrogens with zero attached hydrogens (tertiary/aromatic N) is 2. The molecule has 2 saturated heterocycles. The molecule has 4 heteroatoms. The molecule has 0 bridgehead atoms. The van der Waals surface area contributed by atoms with Crippen molar-refractivity contribution in [2.24, 2.45) is 0 Å². The molecule has 1 aromatic carbocycles. The lowest BCUT2D eigenvalue weighted by Gasteiger charge is -2.50. The molecular weight excluding hydrogens is 312 g/mol. The highest BCUT2D eigenvalue weighted by molar-refractivity contribution is 5.71. The number of hydrogen-bond acceptors (Lipinski definition) is 4. The summed E-state index contributed by atoms with van der Waals surface area (Å²) in [4.78, 5) is 17.5. The molecule has 0 saturated carbocycles. The van der Waals surface area contributed by atoms with Crippen LogP contribution in [-0.4, -0.2) is 54.1 Å². The van der Waals surface area contributed by atoms with E-state index < -0.39 is 0 Å². The third kappa shape index (κ3) is 4.83. The second-order valence-corrected chi connectivity index (χ2v) is 7.55. The van der Waals surface area contributed by atoms with E-state index in [1.807, 2.05) is 6.92 Å². The molecule has 2 aliphatic heterocycles. The lowest BCUT2D eigenvalue weighted by molar-refractivity contribution is -0.148. The topological polar surface area (TPSA) is 32.8 Å². The van der Waals surface area contributed by atoms with Crippen molar-refractivity contribution >= 4 is 5.97 Å². The molecule has 0 amide bonds. The summed E-state index contributed by atoms with van der Waals surface area (Å²) in [5, 5.41) is 0. The Labute approximate surface area is 152 Å². The zero-order valence-electron chi connectivity index (χ0n) is 15.6. The summed E-state index contributed by atoms with van der Waals surface area (Å²) in [5.74, 6) is -0.0327. The number of esters is 1. The smallest absolute Gasteiger partial charge is 0.307 e. The maximum absolute atomic E-state index is 12.4. The van der Waals surface area contributed by atoms with E-state index in [9.17, 15) is 4.79 Å². The summed E-state index contributed by atoms with van der Waals surface area (Å²) in [7, 11) is 0. The molecule has 0 aliphatic carbocycles. The van der Waals surface area contributed by atoms with Crippen LogP contribution < -0.4 is 0 Å². The minimum absolute atomic E-state index is 0.0327. The fourth-order valence-electron chi connectivity index (χ4n) is 4.55. The largest absolute Gasteiger partial charge is 0.466 e. The molecular formula is C21H32N2O2. The molecule has 2 heterocycles. The van der Waals surface area contributed by atoms with Crippen molar-refractivity contribution < 1.29 is 9.53 Å². The first-order valence-corrected chi connectivity index (χ1v) is 9.89. The minimum Gasteiger partial charge on any atom is -0.466 e. The third-order valence-electron chi connectivity index (χ3n) is 5.69. The van der Waals surface area contributed by atoms with Crippen molar-refractivity contribution in [2.45, 2.75) is 57.5 Å². The van der Waals surface area contributed by atoms with E-state index >= 15 is 0 Å². The molecule has 0 radical (unpaired) electrons. The average Bonchev–Trinajstić information content (AvgIpc) is 2.64. The lowest BCUT2D eigenvalue weighted by atomic mass is 9.82. The number of ether oxygens (including phenoxy) is 1. The average molecular weight is 344 g/mol. The minimum atomic E-state index is -0.0420. The van der Waals surface area contributed by atoms with E-state index in [2.05, 4.69) is 40.1 Å². The fourth-order valence-corrected chi connectivity index (χ4v) is 4.55. The summed E-state index contributed by atoms with van der Waals surface area (Å²) in [6.45, 7) is 7.68. The van der Waals surface area contributed by atoms with Crippen LogP contribution in [-0.2, 0) is 16.1 Å². The van der Waals surface area contributed by atoms with Crippen LogP contribution in [0.25, 0.3) is 0 Å². The predicted molar refractivity (Wildman–Crippen MR) is 100 cm³/mol. The summed E-state index contributed by atoms with van der Waals surface area (Å²) in [6.07, 6.45) is 6.62. The zero-order chi connectivity index (χ0) is 17.5. The highest BCUT2D eigenvalue weighted by Gasteiger charge is 2.42. The van der Waals surface area contributed by atoms with Crippen molar-refractivity contribution in [3.05, 3.63) is 35.9 Å². The van der Waals surface area contributed by atoms with Gasteiger partial charge in [0.05, 0.1) is 13.0 Å². The third-order valence-corrected chi connectivity index (χ3v) is 5.69. The molecule has 0 N–H and O–H groups in total. The van der Waals surface area contributed by atoms with Crippen LogP contribution in [0.1, 0.15) is 51.0 Å². The van der Waals surface area contributed by atoms with Gasteiger partial charge in [0.15, 0.2) is 0 Å². The molecule has 4 nitrogen and oxygen atoms in total. The number of rotatable bonds is 6. The van der Waals surface area contributed by atoms with Crippen molar-refractivity contribution in [3.63, 3.8) is 0 Å². The Morgan fingerprint density at radius 2 is 1.84 bits per heavy atom. The van der Waals surface area contributed by atoms with Gasteiger partial charge in [0.2, 0.25) is 0 Å². The highest BCUT2D eigenvalue weighted by Crippen LogP contribution is 2.34. The summed E-state index contributed by atoms with van der Waals surface area (Å²) in [6, 6.07) is 10.7. The van der Waals surface area contributed by atoms with Gasteiger partial charge in [0.1, 0.15) is 0 Å². The van der Waals surface area contributed by atoms with Gasteiger partial charge in [0, 0.05) is 18.6 Å². The van der Waals surface area contributed by atoms with Crippen LogP contribution in [0.3, 0.4) is 0 Å².